The fraction of sp³-hybridized carbons (Fsp3) is 0.350. The molecule has 0 saturated carbocycles. The van der Waals surface area contributed by atoms with Crippen molar-refractivity contribution in [3.05, 3.63) is 47.9 Å². The number of aromatic nitrogens is 1. The molecule has 10 heteroatoms. The average Bonchev–Trinajstić information content (AvgIpc) is 2.63. The third-order valence-corrected chi connectivity index (χ3v) is 3.49. The number of alkyl carbamates (subject to hydrolysis) is 1. The van der Waals surface area contributed by atoms with E-state index in [2.05, 4.69) is 10.3 Å². The lowest BCUT2D eigenvalue weighted by molar-refractivity contribution is -0.0888. The number of ketones is 1. The van der Waals surface area contributed by atoms with Gasteiger partial charge in [0.15, 0.2) is 0 Å². The standard InChI is InChI=1S/C20H20F4N2O4/c1-19(2,3)30-18(28)25-10-11-29-15-9-8-14(17(27)20(22,23)24)26-16(15)12-4-6-13(21)7-5-12/h4-9H,10-11H2,1-3H3,(H,25,28). The second-order valence-corrected chi connectivity index (χ2v) is 7.15. The lowest BCUT2D eigenvalue weighted by Crippen LogP contribution is -2.34. The smallest absolute Gasteiger partial charge is 0.456 e. The summed E-state index contributed by atoms with van der Waals surface area (Å²) < 4.78 is 62.0. The Balaban J connectivity index is 2.19. The minimum Gasteiger partial charge on any atom is -0.489 e. The second-order valence-electron chi connectivity index (χ2n) is 7.15. The van der Waals surface area contributed by atoms with E-state index in [9.17, 15) is 27.2 Å². The lowest BCUT2D eigenvalue weighted by Gasteiger charge is -2.19. The summed E-state index contributed by atoms with van der Waals surface area (Å²) in [6, 6.07) is 6.85. The highest BCUT2D eigenvalue weighted by Gasteiger charge is 2.40. The van der Waals surface area contributed by atoms with Gasteiger partial charge in [0.2, 0.25) is 0 Å². The summed E-state index contributed by atoms with van der Waals surface area (Å²) in [5.74, 6) is -2.60. The minimum absolute atomic E-state index is 0.0427. The van der Waals surface area contributed by atoms with Gasteiger partial charge >= 0.3 is 12.3 Å². The van der Waals surface area contributed by atoms with E-state index in [4.69, 9.17) is 9.47 Å². The Kier molecular flexibility index (Phi) is 7.01. The van der Waals surface area contributed by atoms with Crippen molar-refractivity contribution in [1.82, 2.24) is 10.3 Å². The molecule has 0 aliphatic rings. The van der Waals surface area contributed by atoms with Crippen LogP contribution in [-0.4, -0.2) is 41.8 Å². The van der Waals surface area contributed by atoms with Crippen LogP contribution in [0.2, 0.25) is 0 Å². The van der Waals surface area contributed by atoms with Crippen LogP contribution in [0.3, 0.4) is 0 Å². The number of rotatable bonds is 6. The molecule has 0 atom stereocenters. The van der Waals surface area contributed by atoms with Gasteiger partial charge in [-0.3, -0.25) is 4.79 Å². The Bertz CT molecular complexity index is 907. The van der Waals surface area contributed by atoms with Crippen molar-refractivity contribution in [3.63, 3.8) is 0 Å². The molecule has 1 aromatic carbocycles. The minimum atomic E-state index is -5.09. The van der Waals surface area contributed by atoms with E-state index in [0.29, 0.717) is 0 Å². The molecule has 0 aliphatic heterocycles. The van der Waals surface area contributed by atoms with Gasteiger partial charge in [0.25, 0.3) is 5.78 Å². The molecule has 6 nitrogen and oxygen atoms in total. The third kappa shape index (κ3) is 6.71. The summed E-state index contributed by atoms with van der Waals surface area (Å²) in [5, 5.41) is 2.47. The average molecular weight is 428 g/mol. The zero-order chi connectivity index (χ0) is 22.5. The number of carbonyl (C=O) groups excluding carboxylic acids is 2. The van der Waals surface area contributed by atoms with E-state index in [1.54, 1.807) is 20.8 Å². The van der Waals surface area contributed by atoms with Crippen molar-refractivity contribution < 1.29 is 36.6 Å². The van der Waals surface area contributed by atoms with Gasteiger partial charge in [-0.05, 0) is 57.2 Å². The summed E-state index contributed by atoms with van der Waals surface area (Å²) in [6.45, 7) is 5.09. The Hall–Kier alpha value is -3.17. The van der Waals surface area contributed by atoms with Crippen molar-refractivity contribution in [3.8, 4) is 17.0 Å². The summed E-state index contributed by atoms with van der Waals surface area (Å²) in [4.78, 5) is 26.9. The molecule has 2 aromatic rings. The van der Waals surface area contributed by atoms with Crippen molar-refractivity contribution in [2.24, 2.45) is 0 Å². The molecule has 1 amide bonds. The first-order valence-corrected chi connectivity index (χ1v) is 8.85. The molecule has 1 heterocycles. The summed E-state index contributed by atoms with van der Waals surface area (Å²) in [6.07, 6.45) is -5.75. The molecule has 0 spiro atoms. The lowest BCUT2D eigenvalue weighted by atomic mass is 10.1. The van der Waals surface area contributed by atoms with Crippen molar-refractivity contribution in [2.75, 3.05) is 13.2 Å². The van der Waals surface area contributed by atoms with E-state index in [-0.39, 0.29) is 30.2 Å². The fourth-order valence-electron chi connectivity index (χ4n) is 2.28. The number of alkyl halides is 3. The first kappa shape index (κ1) is 23.1. The summed E-state index contributed by atoms with van der Waals surface area (Å²) in [7, 11) is 0. The van der Waals surface area contributed by atoms with Gasteiger partial charge in [0.05, 0.1) is 6.54 Å². The van der Waals surface area contributed by atoms with Gasteiger partial charge in [-0.1, -0.05) is 0 Å². The highest BCUT2D eigenvalue weighted by molar-refractivity contribution is 5.99. The maximum atomic E-state index is 13.2. The molecule has 0 aliphatic carbocycles. The predicted molar refractivity (Wildman–Crippen MR) is 99.7 cm³/mol. The van der Waals surface area contributed by atoms with Crippen LogP contribution < -0.4 is 10.1 Å². The molecule has 2 rings (SSSR count). The number of amides is 1. The zero-order valence-electron chi connectivity index (χ0n) is 16.5. The predicted octanol–water partition coefficient (Wildman–Crippen LogP) is 4.54. The maximum absolute atomic E-state index is 13.2. The largest absolute Gasteiger partial charge is 0.489 e. The van der Waals surface area contributed by atoms with E-state index < -0.39 is 35.2 Å². The quantitative estimate of drug-likeness (QED) is 0.415. The van der Waals surface area contributed by atoms with E-state index >= 15 is 0 Å². The second kappa shape index (κ2) is 9.10. The van der Waals surface area contributed by atoms with Crippen molar-refractivity contribution >= 4 is 11.9 Å². The SMILES string of the molecule is CC(C)(C)OC(=O)NCCOc1ccc(C(=O)C(F)(F)F)nc1-c1ccc(F)cc1. The van der Waals surface area contributed by atoms with Crippen LogP contribution in [0.25, 0.3) is 11.3 Å². The van der Waals surface area contributed by atoms with Crippen molar-refractivity contribution in [2.45, 2.75) is 32.5 Å². The van der Waals surface area contributed by atoms with Gasteiger partial charge in [-0.2, -0.15) is 13.2 Å². The Morgan fingerprint density at radius 3 is 2.23 bits per heavy atom. The Morgan fingerprint density at radius 2 is 1.67 bits per heavy atom. The van der Waals surface area contributed by atoms with Crippen molar-refractivity contribution in [1.29, 1.82) is 0 Å². The first-order valence-electron chi connectivity index (χ1n) is 8.85. The van der Waals surface area contributed by atoms with Crippen LogP contribution in [0.1, 0.15) is 31.3 Å². The van der Waals surface area contributed by atoms with E-state index in [1.165, 1.54) is 12.1 Å². The Labute approximate surface area is 170 Å². The number of ether oxygens (including phenoxy) is 2. The molecule has 0 saturated heterocycles. The molecule has 162 valence electrons. The number of nitrogens with zero attached hydrogens (tertiary/aromatic N) is 1. The van der Waals surface area contributed by atoms with Crippen LogP contribution in [0.5, 0.6) is 5.75 Å². The fourth-order valence-corrected chi connectivity index (χ4v) is 2.28. The number of Topliss-reactive ketones (excluding diaryl/α,β-unsaturated/α-hetero) is 1. The van der Waals surface area contributed by atoms with Crippen LogP contribution in [0.15, 0.2) is 36.4 Å². The first-order chi connectivity index (χ1) is 13.9. The normalized spacial score (nSPS) is 11.7. The topological polar surface area (TPSA) is 77.5 Å². The highest BCUT2D eigenvalue weighted by Crippen LogP contribution is 2.30. The number of pyridine rings is 1. The van der Waals surface area contributed by atoms with E-state index in [1.807, 2.05) is 0 Å². The molecule has 1 N–H and O–H groups in total. The maximum Gasteiger partial charge on any atom is 0.456 e. The molecule has 1 aromatic heterocycles. The number of hydrogen-bond donors (Lipinski definition) is 1. The number of carbonyl (C=O) groups is 2. The molecule has 0 unspecified atom stereocenters. The van der Waals surface area contributed by atoms with Crippen LogP contribution in [-0.2, 0) is 4.74 Å². The number of halogens is 4. The van der Waals surface area contributed by atoms with Gasteiger partial charge in [-0.25, -0.2) is 14.2 Å². The summed E-state index contributed by atoms with van der Waals surface area (Å²) >= 11 is 0. The summed E-state index contributed by atoms with van der Waals surface area (Å²) in [5.41, 5.74) is -1.31. The van der Waals surface area contributed by atoms with Gasteiger partial charge in [0.1, 0.15) is 35.2 Å². The number of benzene rings is 1. The van der Waals surface area contributed by atoms with Gasteiger partial charge in [0, 0.05) is 5.56 Å². The molecule has 30 heavy (non-hydrogen) atoms. The van der Waals surface area contributed by atoms with Crippen LogP contribution >= 0.6 is 0 Å². The highest BCUT2D eigenvalue weighted by atomic mass is 19.4. The van der Waals surface area contributed by atoms with Crippen LogP contribution in [0, 0.1) is 5.82 Å². The number of hydrogen-bond acceptors (Lipinski definition) is 5. The molecular formula is C20H20F4N2O4. The van der Waals surface area contributed by atoms with Gasteiger partial charge in [-0.15, -0.1) is 0 Å². The molecule has 0 fully saturated rings. The zero-order valence-corrected chi connectivity index (χ0v) is 16.5. The molecule has 0 bridgehead atoms. The number of nitrogens with one attached hydrogen (secondary N) is 1. The third-order valence-electron chi connectivity index (χ3n) is 3.49. The monoisotopic (exact) mass is 428 g/mol. The van der Waals surface area contributed by atoms with Gasteiger partial charge < -0.3 is 14.8 Å². The van der Waals surface area contributed by atoms with E-state index in [0.717, 1.165) is 24.3 Å². The molecular weight excluding hydrogens is 408 g/mol. The van der Waals surface area contributed by atoms with Crippen LogP contribution in [0.4, 0.5) is 22.4 Å². The molecule has 0 radical (unpaired) electrons. The Morgan fingerprint density at radius 1 is 1.03 bits per heavy atom.